The van der Waals surface area contributed by atoms with Gasteiger partial charge in [-0.3, -0.25) is 9.36 Å². The van der Waals surface area contributed by atoms with E-state index >= 15 is 0 Å². The van der Waals surface area contributed by atoms with Crippen molar-refractivity contribution in [3.63, 3.8) is 0 Å². The van der Waals surface area contributed by atoms with E-state index in [9.17, 15) is 23.7 Å². The molecule has 178 valence electrons. The van der Waals surface area contributed by atoms with Crippen LogP contribution in [0.4, 0.5) is 4.39 Å². The van der Waals surface area contributed by atoms with Crippen molar-refractivity contribution in [3.05, 3.63) is 84.8 Å². The van der Waals surface area contributed by atoms with Gasteiger partial charge in [-0.1, -0.05) is 62.4 Å². The number of hydrogen-bond donors (Lipinski definition) is 2. The van der Waals surface area contributed by atoms with E-state index in [0.29, 0.717) is 22.5 Å². The summed E-state index contributed by atoms with van der Waals surface area (Å²) >= 11 is 0. The molecule has 3 unspecified atom stereocenters. The molecule has 34 heavy (non-hydrogen) atoms. The van der Waals surface area contributed by atoms with Gasteiger partial charge in [0.25, 0.3) is 0 Å². The number of ether oxygens (including phenoxy) is 1. The highest BCUT2D eigenvalue weighted by Crippen LogP contribution is 2.39. The zero-order valence-electron chi connectivity index (χ0n) is 18.9. The lowest BCUT2D eigenvalue weighted by Gasteiger charge is -2.20. The van der Waals surface area contributed by atoms with E-state index in [1.807, 2.05) is 44.2 Å². The number of carbonyl (C=O) groups is 1. The smallest absolute Gasteiger partial charge is 0.313 e. The molecule has 0 bridgehead atoms. The minimum atomic E-state index is -3.13. The maximum Gasteiger partial charge on any atom is 0.313 e. The first-order valence-electron chi connectivity index (χ1n) is 10.8. The molecule has 0 saturated heterocycles. The van der Waals surface area contributed by atoms with Crippen molar-refractivity contribution in [1.82, 2.24) is 4.98 Å². The second kappa shape index (κ2) is 11.3. The molecule has 0 aliphatic carbocycles. The number of halogens is 1. The van der Waals surface area contributed by atoms with E-state index < -0.39 is 38.0 Å². The quantitative estimate of drug-likeness (QED) is 0.242. The Balaban J connectivity index is 2.09. The molecule has 0 spiro atoms. The van der Waals surface area contributed by atoms with Crippen LogP contribution in [0.5, 0.6) is 5.75 Å². The Kier molecular flexibility index (Phi) is 8.51. The Morgan fingerprint density at radius 3 is 2.35 bits per heavy atom. The maximum absolute atomic E-state index is 13.6. The lowest BCUT2D eigenvalue weighted by atomic mass is 9.97. The first kappa shape index (κ1) is 25.5. The summed E-state index contributed by atoms with van der Waals surface area (Å²) in [6, 6.07) is 17.1. The zero-order chi connectivity index (χ0) is 24.8. The van der Waals surface area contributed by atoms with Crippen LogP contribution in [0, 0.1) is 5.82 Å². The molecule has 3 rings (SSSR count). The van der Waals surface area contributed by atoms with Gasteiger partial charge in [0, 0.05) is 11.1 Å². The summed E-state index contributed by atoms with van der Waals surface area (Å²) in [5.41, 5.74) is 2.07. The van der Waals surface area contributed by atoms with Crippen LogP contribution in [0.2, 0.25) is 0 Å². The minimum absolute atomic E-state index is 0.134. The SMILES string of the molecule is C=CC(C(O)CC(=O)Oc1c(-c2ccc(F)cc2)cc(-c2ccccc2)nc1C(C)C)[PH](=O)O. The normalized spacial score (nSPS) is 13.8. The van der Waals surface area contributed by atoms with Gasteiger partial charge in [-0.05, 0) is 29.7 Å². The van der Waals surface area contributed by atoms with E-state index in [1.165, 1.54) is 12.1 Å². The highest BCUT2D eigenvalue weighted by atomic mass is 31.1. The molecule has 6 nitrogen and oxygen atoms in total. The van der Waals surface area contributed by atoms with Crippen LogP contribution in [0.1, 0.15) is 31.9 Å². The zero-order valence-corrected chi connectivity index (χ0v) is 19.9. The predicted octanol–water partition coefficient (Wildman–Crippen LogP) is 5.36. The molecule has 0 radical (unpaired) electrons. The van der Waals surface area contributed by atoms with E-state index in [1.54, 1.807) is 18.2 Å². The predicted molar refractivity (Wildman–Crippen MR) is 131 cm³/mol. The number of esters is 1. The molecule has 0 aliphatic rings. The maximum atomic E-state index is 13.6. The van der Waals surface area contributed by atoms with Crippen molar-refractivity contribution < 1.29 is 28.5 Å². The third-order valence-electron chi connectivity index (χ3n) is 5.32. The molecule has 3 atom stereocenters. The number of aliphatic hydroxyl groups is 1. The molecule has 0 saturated carbocycles. The molecule has 8 heteroatoms. The fraction of sp³-hybridized carbons (Fsp3) is 0.231. The van der Waals surface area contributed by atoms with Crippen LogP contribution in [0.15, 0.2) is 73.3 Å². The van der Waals surface area contributed by atoms with E-state index in [2.05, 4.69) is 6.58 Å². The third-order valence-corrected chi connectivity index (χ3v) is 6.51. The second-order valence-electron chi connectivity index (χ2n) is 8.14. The van der Waals surface area contributed by atoms with Crippen LogP contribution in [0.3, 0.4) is 0 Å². The molecular formula is C26H27FNO5P. The molecule has 3 aromatic rings. The Morgan fingerprint density at radius 2 is 1.79 bits per heavy atom. The van der Waals surface area contributed by atoms with Crippen molar-refractivity contribution in [2.45, 2.75) is 37.9 Å². The van der Waals surface area contributed by atoms with E-state index in [-0.39, 0.29) is 11.7 Å². The summed E-state index contributed by atoms with van der Waals surface area (Å²) in [6.07, 6.45) is -0.775. The number of pyridine rings is 1. The van der Waals surface area contributed by atoms with Crippen molar-refractivity contribution >= 4 is 14.0 Å². The van der Waals surface area contributed by atoms with E-state index in [4.69, 9.17) is 9.72 Å². The van der Waals surface area contributed by atoms with Gasteiger partial charge in [-0.25, -0.2) is 9.37 Å². The Bertz CT molecular complexity index is 1180. The van der Waals surface area contributed by atoms with Crippen LogP contribution in [-0.2, 0) is 9.36 Å². The van der Waals surface area contributed by atoms with Gasteiger partial charge in [0.05, 0.1) is 29.6 Å². The lowest BCUT2D eigenvalue weighted by molar-refractivity contribution is -0.136. The monoisotopic (exact) mass is 483 g/mol. The summed E-state index contributed by atoms with van der Waals surface area (Å²) in [6.45, 7) is 7.26. The van der Waals surface area contributed by atoms with Crippen molar-refractivity contribution in [2.24, 2.45) is 0 Å². The fourth-order valence-electron chi connectivity index (χ4n) is 3.53. The largest absolute Gasteiger partial charge is 0.424 e. The number of benzene rings is 2. The summed E-state index contributed by atoms with van der Waals surface area (Å²) in [5.74, 6) is -1.13. The van der Waals surface area contributed by atoms with Crippen LogP contribution in [-0.4, -0.2) is 32.7 Å². The van der Waals surface area contributed by atoms with Crippen molar-refractivity contribution in [1.29, 1.82) is 0 Å². The number of rotatable bonds is 9. The first-order chi connectivity index (χ1) is 16.2. The summed E-state index contributed by atoms with van der Waals surface area (Å²) in [7, 11) is -3.13. The topological polar surface area (TPSA) is 96.7 Å². The van der Waals surface area contributed by atoms with Gasteiger partial charge in [0.15, 0.2) is 13.8 Å². The molecular weight excluding hydrogens is 456 g/mol. The molecule has 1 aromatic heterocycles. The van der Waals surface area contributed by atoms with E-state index in [0.717, 1.165) is 11.6 Å². The van der Waals surface area contributed by atoms with Crippen molar-refractivity contribution in [3.8, 4) is 28.1 Å². The van der Waals surface area contributed by atoms with Gasteiger partial charge in [-0.15, -0.1) is 6.58 Å². The summed E-state index contributed by atoms with van der Waals surface area (Å²) < 4.78 is 30.8. The Labute approximate surface area is 198 Å². The molecule has 0 amide bonds. The Hall–Kier alpha value is -3.12. The summed E-state index contributed by atoms with van der Waals surface area (Å²) in [5, 5.41) is 10.3. The number of aliphatic hydroxyl groups excluding tert-OH is 1. The van der Waals surface area contributed by atoms with Gasteiger partial charge in [-0.2, -0.15) is 0 Å². The Morgan fingerprint density at radius 1 is 1.15 bits per heavy atom. The fourth-order valence-corrected chi connectivity index (χ4v) is 4.18. The lowest BCUT2D eigenvalue weighted by Crippen LogP contribution is -2.26. The number of aromatic nitrogens is 1. The van der Waals surface area contributed by atoms with Crippen LogP contribution in [0.25, 0.3) is 22.4 Å². The van der Waals surface area contributed by atoms with Crippen LogP contribution < -0.4 is 4.74 Å². The second-order valence-corrected chi connectivity index (χ2v) is 9.49. The average molecular weight is 483 g/mol. The minimum Gasteiger partial charge on any atom is -0.424 e. The molecule has 2 aromatic carbocycles. The average Bonchev–Trinajstić information content (AvgIpc) is 2.80. The highest BCUT2D eigenvalue weighted by Gasteiger charge is 2.27. The highest BCUT2D eigenvalue weighted by molar-refractivity contribution is 7.39. The summed E-state index contributed by atoms with van der Waals surface area (Å²) in [4.78, 5) is 26.9. The van der Waals surface area contributed by atoms with Crippen LogP contribution >= 0.6 is 8.03 Å². The first-order valence-corrected chi connectivity index (χ1v) is 12.2. The van der Waals surface area contributed by atoms with Crippen molar-refractivity contribution in [2.75, 3.05) is 0 Å². The van der Waals surface area contributed by atoms with Gasteiger partial charge in [0.2, 0.25) is 0 Å². The standard InChI is InChI=1S/C26H27FNO5P/c1-4-23(34(31)32)22(29)15-24(30)33-26-20(17-10-12-19(27)13-11-17)14-21(28-25(26)16(2)3)18-8-6-5-7-9-18/h4-14,16,22-23,29,34H,1,15H2,2-3H3,(H,31,32). The molecule has 0 aliphatic heterocycles. The number of carbonyl (C=O) groups excluding carboxylic acids is 1. The molecule has 2 N–H and O–H groups in total. The third kappa shape index (κ3) is 6.06. The molecule has 1 heterocycles. The number of hydrogen-bond acceptors (Lipinski definition) is 5. The van der Waals surface area contributed by atoms with Gasteiger partial charge in [0.1, 0.15) is 5.82 Å². The molecule has 0 fully saturated rings. The van der Waals surface area contributed by atoms with Gasteiger partial charge >= 0.3 is 5.97 Å². The number of nitrogens with zero attached hydrogens (tertiary/aromatic N) is 1. The van der Waals surface area contributed by atoms with Gasteiger partial charge < -0.3 is 14.7 Å².